The molecule has 1 fully saturated rings. The number of rotatable bonds is 4. The van der Waals surface area contributed by atoms with Crippen molar-refractivity contribution >= 4 is 11.7 Å². The maximum absolute atomic E-state index is 11.3. The summed E-state index contributed by atoms with van der Waals surface area (Å²) in [5, 5.41) is 3.36. The van der Waals surface area contributed by atoms with Gasteiger partial charge in [-0.3, -0.25) is 0 Å². The normalized spacial score (nSPS) is 15.8. The van der Waals surface area contributed by atoms with Gasteiger partial charge in [-0.2, -0.15) is 0 Å². The molecule has 1 saturated carbocycles. The van der Waals surface area contributed by atoms with Gasteiger partial charge in [-0.15, -0.1) is 0 Å². The van der Waals surface area contributed by atoms with Crippen LogP contribution in [0.3, 0.4) is 0 Å². The van der Waals surface area contributed by atoms with E-state index in [2.05, 4.69) is 15.0 Å². The van der Waals surface area contributed by atoms with Crippen molar-refractivity contribution < 1.29 is 9.53 Å². The molecular formula is C13H18N2O2. The van der Waals surface area contributed by atoms with Crippen LogP contribution in [0.15, 0.2) is 18.3 Å². The number of aromatic nitrogens is 1. The van der Waals surface area contributed by atoms with E-state index >= 15 is 0 Å². The first-order chi connectivity index (χ1) is 8.29. The van der Waals surface area contributed by atoms with Crippen molar-refractivity contribution in [2.24, 2.45) is 5.92 Å². The summed E-state index contributed by atoms with van der Waals surface area (Å²) in [6.07, 6.45) is 6.93. The number of pyridine rings is 1. The number of methoxy groups -OCH3 is 1. The maximum Gasteiger partial charge on any atom is 0.356 e. The zero-order valence-corrected chi connectivity index (χ0v) is 10.1. The molecule has 4 nitrogen and oxygen atoms in total. The molecule has 0 saturated heterocycles. The summed E-state index contributed by atoms with van der Waals surface area (Å²) < 4.78 is 4.64. The van der Waals surface area contributed by atoms with Crippen LogP contribution in [0.25, 0.3) is 0 Å². The molecule has 0 aliphatic heterocycles. The van der Waals surface area contributed by atoms with Crippen LogP contribution in [0, 0.1) is 5.92 Å². The molecule has 0 unspecified atom stereocenters. The molecule has 1 aromatic rings. The molecule has 4 heteroatoms. The van der Waals surface area contributed by atoms with E-state index in [1.165, 1.54) is 32.8 Å². The van der Waals surface area contributed by atoms with Crippen LogP contribution in [0.5, 0.6) is 0 Å². The molecule has 1 aromatic heterocycles. The minimum absolute atomic E-state index is 0.351. The highest BCUT2D eigenvalue weighted by Crippen LogP contribution is 2.24. The fraction of sp³-hybridized carbons (Fsp3) is 0.538. The van der Waals surface area contributed by atoms with E-state index in [1.54, 1.807) is 12.3 Å². The average Bonchev–Trinajstić information content (AvgIpc) is 2.89. The van der Waals surface area contributed by atoms with Crippen LogP contribution < -0.4 is 5.32 Å². The Morgan fingerprint density at radius 3 is 3.00 bits per heavy atom. The van der Waals surface area contributed by atoms with Gasteiger partial charge in [0.2, 0.25) is 0 Å². The second-order valence-corrected chi connectivity index (χ2v) is 4.45. The van der Waals surface area contributed by atoms with Crippen LogP contribution in [-0.2, 0) is 4.74 Å². The second kappa shape index (κ2) is 5.66. The largest absolute Gasteiger partial charge is 0.464 e. The van der Waals surface area contributed by atoms with Crippen LogP contribution in [0.2, 0.25) is 0 Å². The number of hydrogen-bond acceptors (Lipinski definition) is 4. The predicted molar refractivity (Wildman–Crippen MR) is 66.0 cm³/mol. The topological polar surface area (TPSA) is 51.2 Å². The number of hydrogen-bond donors (Lipinski definition) is 1. The number of esters is 1. The lowest BCUT2D eigenvalue weighted by molar-refractivity contribution is 0.0594. The van der Waals surface area contributed by atoms with Gasteiger partial charge in [-0.1, -0.05) is 12.8 Å². The fourth-order valence-corrected chi connectivity index (χ4v) is 2.23. The number of nitrogens with one attached hydrogen (secondary N) is 1. The molecule has 1 aliphatic carbocycles. The Morgan fingerprint density at radius 1 is 1.53 bits per heavy atom. The average molecular weight is 234 g/mol. The molecule has 0 bridgehead atoms. The summed E-state index contributed by atoms with van der Waals surface area (Å²) in [4.78, 5) is 15.3. The molecule has 1 aliphatic rings. The smallest absolute Gasteiger partial charge is 0.356 e. The van der Waals surface area contributed by atoms with Gasteiger partial charge in [0.05, 0.1) is 7.11 Å². The van der Waals surface area contributed by atoms with E-state index in [0.29, 0.717) is 5.69 Å². The maximum atomic E-state index is 11.3. The van der Waals surface area contributed by atoms with E-state index in [4.69, 9.17) is 0 Å². The fourth-order valence-electron chi connectivity index (χ4n) is 2.23. The summed E-state index contributed by atoms with van der Waals surface area (Å²) in [5.41, 5.74) is 1.29. The molecular weight excluding hydrogens is 216 g/mol. The van der Waals surface area contributed by atoms with E-state index in [1.807, 2.05) is 6.07 Å². The molecule has 1 N–H and O–H groups in total. The molecule has 0 spiro atoms. The lowest BCUT2D eigenvalue weighted by Crippen LogP contribution is -2.12. The van der Waals surface area contributed by atoms with Crippen LogP contribution in [-0.4, -0.2) is 24.6 Å². The Bertz CT molecular complexity index is 387. The molecule has 2 rings (SSSR count). The van der Waals surface area contributed by atoms with Gasteiger partial charge in [0.15, 0.2) is 0 Å². The zero-order chi connectivity index (χ0) is 12.1. The number of nitrogens with zero attached hydrogens (tertiary/aromatic N) is 1. The summed E-state index contributed by atoms with van der Waals surface area (Å²) >= 11 is 0. The van der Waals surface area contributed by atoms with Crippen LogP contribution in [0.1, 0.15) is 36.2 Å². The lowest BCUT2D eigenvalue weighted by Gasteiger charge is -2.11. The summed E-state index contributed by atoms with van der Waals surface area (Å²) in [6, 6.07) is 3.61. The first-order valence-electron chi connectivity index (χ1n) is 6.08. The number of ether oxygens (including phenoxy) is 1. The minimum Gasteiger partial charge on any atom is -0.464 e. The van der Waals surface area contributed by atoms with E-state index in [9.17, 15) is 4.79 Å². The van der Waals surface area contributed by atoms with Crippen molar-refractivity contribution in [1.29, 1.82) is 0 Å². The van der Waals surface area contributed by atoms with E-state index in [-0.39, 0.29) is 0 Å². The number of carbonyl (C=O) groups is 1. The summed E-state index contributed by atoms with van der Waals surface area (Å²) in [5.74, 6) is 0.374. The summed E-state index contributed by atoms with van der Waals surface area (Å²) in [7, 11) is 1.36. The Kier molecular flexibility index (Phi) is 3.96. The van der Waals surface area contributed by atoms with Crippen molar-refractivity contribution in [3.8, 4) is 0 Å². The van der Waals surface area contributed by atoms with Crippen molar-refractivity contribution in [2.75, 3.05) is 19.0 Å². The standard InChI is InChI=1S/C13H18N2O2/c1-17-13(16)12-8-11(6-7-14-12)15-9-10-4-2-3-5-10/h6-8,10H,2-5,9H2,1H3,(H,14,15). The monoisotopic (exact) mass is 234 g/mol. The highest BCUT2D eigenvalue weighted by molar-refractivity contribution is 5.88. The lowest BCUT2D eigenvalue weighted by atomic mass is 10.1. The van der Waals surface area contributed by atoms with Gasteiger partial charge in [0, 0.05) is 18.4 Å². The Labute approximate surface area is 101 Å². The van der Waals surface area contributed by atoms with Crippen molar-refractivity contribution in [2.45, 2.75) is 25.7 Å². The SMILES string of the molecule is COC(=O)c1cc(NCC2CCCC2)ccn1. The zero-order valence-electron chi connectivity index (χ0n) is 10.1. The summed E-state index contributed by atoms with van der Waals surface area (Å²) in [6.45, 7) is 0.977. The van der Waals surface area contributed by atoms with Crippen LogP contribution in [0.4, 0.5) is 5.69 Å². The van der Waals surface area contributed by atoms with Crippen molar-refractivity contribution in [1.82, 2.24) is 4.98 Å². The number of carbonyl (C=O) groups excluding carboxylic acids is 1. The van der Waals surface area contributed by atoms with Gasteiger partial charge in [-0.05, 0) is 30.9 Å². The molecule has 0 amide bonds. The number of anilines is 1. The quantitative estimate of drug-likeness (QED) is 0.813. The Morgan fingerprint density at radius 2 is 2.29 bits per heavy atom. The molecule has 92 valence electrons. The van der Waals surface area contributed by atoms with Gasteiger partial charge >= 0.3 is 5.97 Å². The molecule has 17 heavy (non-hydrogen) atoms. The second-order valence-electron chi connectivity index (χ2n) is 4.45. The Balaban J connectivity index is 1.93. The van der Waals surface area contributed by atoms with Crippen molar-refractivity contribution in [3.05, 3.63) is 24.0 Å². The van der Waals surface area contributed by atoms with Gasteiger partial charge in [0.25, 0.3) is 0 Å². The van der Waals surface area contributed by atoms with Crippen molar-refractivity contribution in [3.63, 3.8) is 0 Å². The first kappa shape index (κ1) is 11.9. The third kappa shape index (κ3) is 3.19. The highest BCUT2D eigenvalue weighted by atomic mass is 16.5. The van der Waals surface area contributed by atoms with E-state index < -0.39 is 5.97 Å². The predicted octanol–water partition coefficient (Wildman–Crippen LogP) is 2.47. The Hall–Kier alpha value is -1.58. The van der Waals surface area contributed by atoms with E-state index in [0.717, 1.165) is 18.2 Å². The molecule has 1 heterocycles. The molecule has 0 radical (unpaired) electrons. The molecule has 0 atom stereocenters. The van der Waals surface area contributed by atoms with Gasteiger partial charge in [0.1, 0.15) is 5.69 Å². The molecule has 0 aromatic carbocycles. The third-order valence-electron chi connectivity index (χ3n) is 3.22. The third-order valence-corrected chi connectivity index (χ3v) is 3.22. The van der Waals surface area contributed by atoms with Crippen LogP contribution >= 0.6 is 0 Å². The first-order valence-corrected chi connectivity index (χ1v) is 6.08. The van der Waals surface area contributed by atoms with Gasteiger partial charge in [-0.25, -0.2) is 9.78 Å². The van der Waals surface area contributed by atoms with Gasteiger partial charge < -0.3 is 10.1 Å². The highest BCUT2D eigenvalue weighted by Gasteiger charge is 2.14. The minimum atomic E-state index is -0.394.